The summed E-state index contributed by atoms with van der Waals surface area (Å²) in [6.07, 6.45) is 7.83. The molecule has 2 aromatic rings. The minimum absolute atomic E-state index is 0.0959. The number of hydrogen-bond acceptors (Lipinski definition) is 4. The Hall–Kier alpha value is -1.33. The van der Waals surface area contributed by atoms with E-state index in [1.165, 1.54) is 37.7 Å². The van der Waals surface area contributed by atoms with E-state index in [-0.39, 0.29) is 6.61 Å². The molecule has 1 heterocycles. The van der Waals surface area contributed by atoms with Crippen LogP contribution >= 0.6 is 11.8 Å². The summed E-state index contributed by atoms with van der Waals surface area (Å²) in [4.78, 5) is 4.58. The number of rotatable bonds is 7. The first-order valence-corrected chi connectivity index (χ1v) is 9.05. The highest BCUT2D eigenvalue weighted by molar-refractivity contribution is 7.98. The third-order valence-corrected chi connectivity index (χ3v) is 5.27. The average molecular weight is 317 g/mol. The van der Waals surface area contributed by atoms with Gasteiger partial charge < -0.3 is 5.11 Å². The van der Waals surface area contributed by atoms with Gasteiger partial charge in [-0.3, -0.25) is 5.10 Å². The van der Waals surface area contributed by atoms with Gasteiger partial charge in [0.2, 0.25) is 5.16 Å². The highest BCUT2D eigenvalue weighted by atomic mass is 32.2. The van der Waals surface area contributed by atoms with Crippen molar-refractivity contribution in [1.82, 2.24) is 15.2 Å². The normalized spacial score (nSPS) is 15.5. The van der Waals surface area contributed by atoms with E-state index in [1.807, 2.05) is 24.3 Å². The molecule has 1 aliphatic rings. The first-order chi connectivity index (χ1) is 10.8. The lowest BCUT2D eigenvalue weighted by molar-refractivity contribution is 0.282. The van der Waals surface area contributed by atoms with Gasteiger partial charge in [0.25, 0.3) is 0 Å². The zero-order valence-electron chi connectivity index (χ0n) is 12.8. The third kappa shape index (κ3) is 4.34. The molecule has 0 aliphatic heterocycles. The molecule has 1 aromatic heterocycles. The molecule has 0 amide bonds. The smallest absolute Gasteiger partial charge is 0.208 e. The molecule has 0 radical (unpaired) electrons. The monoisotopic (exact) mass is 317 g/mol. The molecule has 0 unspecified atom stereocenters. The topological polar surface area (TPSA) is 61.8 Å². The Morgan fingerprint density at radius 2 is 1.86 bits per heavy atom. The SMILES string of the molecule is OCc1ccc(CSc2n[nH]c(CCC3CCCC3)n2)cc1. The van der Waals surface area contributed by atoms with E-state index >= 15 is 0 Å². The molecule has 1 saturated carbocycles. The number of thioether (sulfide) groups is 1. The molecule has 22 heavy (non-hydrogen) atoms. The molecule has 0 bridgehead atoms. The van der Waals surface area contributed by atoms with E-state index in [0.29, 0.717) is 0 Å². The maximum atomic E-state index is 9.04. The van der Waals surface area contributed by atoms with Gasteiger partial charge in [-0.05, 0) is 23.5 Å². The predicted molar refractivity (Wildman–Crippen MR) is 88.6 cm³/mol. The Kier molecular flexibility index (Phi) is 5.51. The number of nitrogens with one attached hydrogen (secondary N) is 1. The minimum Gasteiger partial charge on any atom is -0.392 e. The molecule has 1 aliphatic carbocycles. The van der Waals surface area contributed by atoms with E-state index < -0.39 is 0 Å². The molecule has 0 saturated heterocycles. The first kappa shape index (κ1) is 15.6. The van der Waals surface area contributed by atoms with Crippen molar-refractivity contribution in [2.45, 2.75) is 56.0 Å². The van der Waals surface area contributed by atoms with Gasteiger partial charge >= 0.3 is 0 Å². The van der Waals surface area contributed by atoms with Crippen LogP contribution in [0, 0.1) is 5.92 Å². The van der Waals surface area contributed by atoms with Crippen LogP contribution in [-0.2, 0) is 18.8 Å². The molecular formula is C17H23N3OS. The number of aromatic amines is 1. The van der Waals surface area contributed by atoms with E-state index in [0.717, 1.165) is 34.6 Å². The third-order valence-electron chi connectivity index (χ3n) is 4.35. The van der Waals surface area contributed by atoms with Crippen molar-refractivity contribution in [1.29, 1.82) is 0 Å². The summed E-state index contributed by atoms with van der Waals surface area (Å²) in [6.45, 7) is 0.0959. The van der Waals surface area contributed by atoms with Crippen LogP contribution in [-0.4, -0.2) is 20.3 Å². The largest absolute Gasteiger partial charge is 0.392 e. The summed E-state index contributed by atoms with van der Waals surface area (Å²) in [5.41, 5.74) is 2.17. The van der Waals surface area contributed by atoms with Gasteiger partial charge in [0.1, 0.15) is 5.82 Å². The predicted octanol–water partition coefficient (Wildman–Crippen LogP) is 3.71. The second kappa shape index (κ2) is 7.79. The zero-order valence-corrected chi connectivity index (χ0v) is 13.6. The van der Waals surface area contributed by atoms with Crippen molar-refractivity contribution >= 4 is 11.8 Å². The van der Waals surface area contributed by atoms with Crippen LogP contribution in [0.1, 0.15) is 49.1 Å². The van der Waals surface area contributed by atoms with Crippen LogP contribution in [0.3, 0.4) is 0 Å². The number of aliphatic hydroxyl groups excluding tert-OH is 1. The van der Waals surface area contributed by atoms with Crippen molar-refractivity contribution < 1.29 is 5.11 Å². The van der Waals surface area contributed by atoms with E-state index in [1.54, 1.807) is 11.8 Å². The Labute approximate surface area is 135 Å². The summed E-state index contributed by atoms with van der Waals surface area (Å²) in [6, 6.07) is 8.01. The van der Waals surface area contributed by atoms with Crippen LogP contribution in [0.25, 0.3) is 0 Å². The fourth-order valence-corrected chi connectivity index (χ4v) is 3.76. The summed E-state index contributed by atoms with van der Waals surface area (Å²) in [5, 5.41) is 17.2. The molecule has 3 rings (SSSR count). The Morgan fingerprint density at radius 3 is 2.59 bits per heavy atom. The first-order valence-electron chi connectivity index (χ1n) is 8.06. The second-order valence-electron chi connectivity index (χ2n) is 6.02. The number of H-pyrrole nitrogens is 1. The van der Waals surface area contributed by atoms with Crippen molar-refractivity contribution in [2.24, 2.45) is 5.92 Å². The summed E-state index contributed by atoms with van der Waals surface area (Å²) in [7, 11) is 0. The second-order valence-corrected chi connectivity index (χ2v) is 6.96. The molecule has 2 N–H and O–H groups in total. The number of benzene rings is 1. The van der Waals surface area contributed by atoms with Crippen LogP contribution in [0.4, 0.5) is 0 Å². The highest BCUT2D eigenvalue weighted by Gasteiger charge is 2.15. The van der Waals surface area contributed by atoms with Crippen molar-refractivity contribution in [3.05, 3.63) is 41.2 Å². The van der Waals surface area contributed by atoms with Crippen LogP contribution in [0.2, 0.25) is 0 Å². The number of aryl methyl sites for hydroxylation is 1. The van der Waals surface area contributed by atoms with Gasteiger partial charge in [0.15, 0.2) is 0 Å². The van der Waals surface area contributed by atoms with E-state index in [9.17, 15) is 0 Å². The Balaban J connectivity index is 1.46. The number of hydrogen-bond donors (Lipinski definition) is 2. The van der Waals surface area contributed by atoms with E-state index in [4.69, 9.17) is 5.11 Å². The van der Waals surface area contributed by atoms with Gasteiger partial charge in [-0.1, -0.05) is 61.7 Å². The van der Waals surface area contributed by atoms with Gasteiger partial charge in [-0.15, -0.1) is 5.10 Å². The highest BCUT2D eigenvalue weighted by Crippen LogP contribution is 2.28. The standard InChI is InChI=1S/C17H23N3OS/c21-11-14-5-7-15(8-6-14)12-22-17-18-16(19-20-17)10-9-13-3-1-2-4-13/h5-8,13,21H,1-4,9-12H2,(H,18,19,20). The van der Waals surface area contributed by atoms with Gasteiger partial charge in [0, 0.05) is 12.2 Å². The lowest BCUT2D eigenvalue weighted by Gasteiger charge is -2.05. The zero-order chi connectivity index (χ0) is 15.2. The lowest BCUT2D eigenvalue weighted by Crippen LogP contribution is -1.97. The fourth-order valence-electron chi connectivity index (χ4n) is 2.98. The molecule has 118 valence electrons. The van der Waals surface area contributed by atoms with Crippen LogP contribution in [0.15, 0.2) is 29.4 Å². The van der Waals surface area contributed by atoms with Crippen LogP contribution < -0.4 is 0 Å². The average Bonchev–Trinajstić information content (AvgIpc) is 3.23. The van der Waals surface area contributed by atoms with E-state index in [2.05, 4.69) is 15.2 Å². The molecule has 0 spiro atoms. The number of aliphatic hydroxyl groups is 1. The molecular weight excluding hydrogens is 294 g/mol. The number of nitrogens with zero attached hydrogens (tertiary/aromatic N) is 2. The Bertz CT molecular complexity index is 576. The Morgan fingerprint density at radius 1 is 1.14 bits per heavy atom. The van der Waals surface area contributed by atoms with Gasteiger partial charge in [-0.25, -0.2) is 4.98 Å². The molecule has 1 aromatic carbocycles. The molecule has 4 nitrogen and oxygen atoms in total. The molecule has 0 atom stereocenters. The summed E-state index contributed by atoms with van der Waals surface area (Å²) in [5.74, 6) is 2.77. The maximum Gasteiger partial charge on any atom is 0.208 e. The van der Waals surface area contributed by atoms with Crippen molar-refractivity contribution in [3.8, 4) is 0 Å². The van der Waals surface area contributed by atoms with Gasteiger partial charge in [0.05, 0.1) is 6.61 Å². The van der Waals surface area contributed by atoms with Crippen molar-refractivity contribution in [2.75, 3.05) is 0 Å². The van der Waals surface area contributed by atoms with Gasteiger partial charge in [-0.2, -0.15) is 0 Å². The summed E-state index contributed by atoms with van der Waals surface area (Å²) >= 11 is 1.65. The fraction of sp³-hybridized carbons (Fsp3) is 0.529. The molecule has 5 heteroatoms. The minimum atomic E-state index is 0.0959. The summed E-state index contributed by atoms with van der Waals surface area (Å²) < 4.78 is 0. The van der Waals surface area contributed by atoms with Crippen molar-refractivity contribution in [3.63, 3.8) is 0 Å². The number of aromatic nitrogens is 3. The quantitative estimate of drug-likeness (QED) is 0.764. The lowest BCUT2D eigenvalue weighted by atomic mass is 10.0. The van der Waals surface area contributed by atoms with Crippen LogP contribution in [0.5, 0.6) is 0 Å². The maximum absolute atomic E-state index is 9.04. The molecule has 1 fully saturated rings.